The van der Waals surface area contributed by atoms with Crippen LogP contribution >= 0.6 is 35.7 Å². The van der Waals surface area contributed by atoms with Crippen LogP contribution in [0.25, 0.3) is 0 Å². The van der Waals surface area contributed by atoms with Crippen LogP contribution in [-0.4, -0.2) is 37.1 Å². The monoisotopic (exact) mass is 385 g/mol. The highest BCUT2D eigenvalue weighted by molar-refractivity contribution is 14.0. The van der Waals surface area contributed by atoms with E-state index in [0.29, 0.717) is 6.04 Å². The number of hydrogen-bond donors (Lipinski definition) is 2. The molecule has 0 amide bonds. The molecule has 0 aromatic heterocycles. The predicted molar refractivity (Wildman–Crippen MR) is 94.3 cm³/mol. The second-order valence-corrected chi connectivity index (χ2v) is 5.84. The standard InChI is InChI=1S/C13H27N3S.HI/c1-4-14-13(15-9-10-17-3)16-12-7-5-11(2)6-8-12;/h11-12H,4-10H2,1-3H3,(H2,14,15,16);1H. The zero-order chi connectivity index (χ0) is 12.5. The molecule has 0 unspecified atom stereocenters. The molecule has 1 aliphatic rings. The lowest BCUT2D eigenvalue weighted by molar-refractivity contribution is 0.329. The van der Waals surface area contributed by atoms with Crippen molar-refractivity contribution in [3.63, 3.8) is 0 Å². The Morgan fingerprint density at radius 2 is 1.94 bits per heavy atom. The summed E-state index contributed by atoms with van der Waals surface area (Å²) in [5.41, 5.74) is 0. The number of nitrogens with one attached hydrogen (secondary N) is 2. The first-order chi connectivity index (χ1) is 8.26. The molecule has 0 spiro atoms. The van der Waals surface area contributed by atoms with E-state index in [-0.39, 0.29) is 24.0 Å². The number of nitrogens with zero attached hydrogens (tertiary/aromatic N) is 1. The molecule has 108 valence electrons. The van der Waals surface area contributed by atoms with Crippen LogP contribution in [0.2, 0.25) is 0 Å². The van der Waals surface area contributed by atoms with Gasteiger partial charge in [0.05, 0.1) is 6.54 Å². The zero-order valence-corrected chi connectivity index (χ0v) is 15.0. The van der Waals surface area contributed by atoms with Gasteiger partial charge in [0.2, 0.25) is 0 Å². The lowest BCUT2D eigenvalue weighted by atomic mass is 9.87. The molecule has 0 radical (unpaired) electrons. The average molecular weight is 385 g/mol. The van der Waals surface area contributed by atoms with Crippen LogP contribution in [0.15, 0.2) is 4.99 Å². The molecule has 0 aromatic carbocycles. The molecule has 1 fully saturated rings. The van der Waals surface area contributed by atoms with Gasteiger partial charge in [-0.3, -0.25) is 4.99 Å². The Morgan fingerprint density at radius 3 is 2.50 bits per heavy atom. The van der Waals surface area contributed by atoms with Crippen LogP contribution in [0.3, 0.4) is 0 Å². The first kappa shape index (κ1) is 18.4. The Balaban J connectivity index is 0.00000289. The number of hydrogen-bond acceptors (Lipinski definition) is 2. The van der Waals surface area contributed by atoms with Crippen LogP contribution < -0.4 is 10.6 Å². The third kappa shape index (κ3) is 7.71. The molecular weight excluding hydrogens is 357 g/mol. The van der Waals surface area contributed by atoms with Crippen molar-refractivity contribution in [2.75, 3.05) is 25.1 Å². The molecule has 18 heavy (non-hydrogen) atoms. The van der Waals surface area contributed by atoms with Gasteiger partial charge in [-0.05, 0) is 44.8 Å². The van der Waals surface area contributed by atoms with Crippen LogP contribution in [0.5, 0.6) is 0 Å². The van der Waals surface area contributed by atoms with Gasteiger partial charge in [0.1, 0.15) is 0 Å². The number of guanidine groups is 1. The van der Waals surface area contributed by atoms with Crippen LogP contribution in [0.1, 0.15) is 39.5 Å². The Labute approximate surface area is 133 Å². The lowest BCUT2D eigenvalue weighted by Gasteiger charge is -2.28. The number of aliphatic imine (C=N–C) groups is 1. The minimum Gasteiger partial charge on any atom is -0.357 e. The average Bonchev–Trinajstić information content (AvgIpc) is 2.32. The van der Waals surface area contributed by atoms with E-state index in [1.54, 1.807) is 0 Å². The van der Waals surface area contributed by atoms with Crippen molar-refractivity contribution < 1.29 is 0 Å². The molecule has 0 aromatic rings. The predicted octanol–water partition coefficient (Wildman–Crippen LogP) is 3.10. The van der Waals surface area contributed by atoms with Crippen molar-refractivity contribution in [2.24, 2.45) is 10.9 Å². The summed E-state index contributed by atoms with van der Waals surface area (Å²) in [6, 6.07) is 0.623. The normalized spacial score (nSPS) is 24.3. The van der Waals surface area contributed by atoms with Crippen molar-refractivity contribution in [3.05, 3.63) is 0 Å². The molecule has 3 nitrogen and oxygen atoms in total. The first-order valence-electron chi connectivity index (χ1n) is 6.80. The topological polar surface area (TPSA) is 36.4 Å². The van der Waals surface area contributed by atoms with E-state index < -0.39 is 0 Å². The van der Waals surface area contributed by atoms with Gasteiger partial charge in [0, 0.05) is 18.3 Å². The molecule has 5 heteroatoms. The summed E-state index contributed by atoms with van der Waals surface area (Å²) in [6.45, 7) is 6.32. The molecule has 1 aliphatic carbocycles. The van der Waals surface area contributed by atoms with Gasteiger partial charge in [0.15, 0.2) is 5.96 Å². The molecule has 0 saturated heterocycles. The Morgan fingerprint density at radius 1 is 1.28 bits per heavy atom. The van der Waals surface area contributed by atoms with Gasteiger partial charge < -0.3 is 10.6 Å². The lowest BCUT2D eigenvalue weighted by Crippen LogP contribution is -2.44. The SMILES string of the molecule is CCNC(=NCCSC)NC1CCC(C)CC1.I. The molecule has 0 aliphatic heterocycles. The van der Waals surface area contributed by atoms with Crippen LogP contribution in [0, 0.1) is 5.92 Å². The highest BCUT2D eigenvalue weighted by Crippen LogP contribution is 2.23. The highest BCUT2D eigenvalue weighted by Gasteiger charge is 2.18. The van der Waals surface area contributed by atoms with Gasteiger partial charge in [-0.1, -0.05) is 6.92 Å². The third-order valence-corrected chi connectivity index (χ3v) is 3.86. The van der Waals surface area contributed by atoms with Crippen molar-refractivity contribution >= 4 is 41.7 Å². The van der Waals surface area contributed by atoms with Gasteiger partial charge in [-0.25, -0.2) is 0 Å². The van der Waals surface area contributed by atoms with E-state index >= 15 is 0 Å². The summed E-state index contributed by atoms with van der Waals surface area (Å²) < 4.78 is 0. The van der Waals surface area contributed by atoms with Crippen LogP contribution in [0.4, 0.5) is 0 Å². The van der Waals surface area contributed by atoms with Crippen molar-refractivity contribution in [1.82, 2.24) is 10.6 Å². The van der Waals surface area contributed by atoms with Gasteiger partial charge in [-0.2, -0.15) is 11.8 Å². The summed E-state index contributed by atoms with van der Waals surface area (Å²) >= 11 is 1.85. The molecule has 0 heterocycles. The third-order valence-electron chi connectivity index (χ3n) is 3.27. The quantitative estimate of drug-likeness (QED) is 0.331. The van der Waals surface area contributed by atoms with Gasteiger partial charge >= 0.3 is 0 Å². The fraction of sp³-hybridized carbons (Fsp3) is 0.923. The smallest absolute Gasteiger partial charge is 0.191 e. The van der Waals surface area contributed by atoms with E-state index in [9.17, 15) is 0 Å². The van der Waals surface area contributed by atoms with E-state index in [1.165, 1.54) is 25.7 Å². The second kappa shape index (κ2) is 11.2. The van der Waals surface area contributed by atoms with E-state index in [2.05, 4.69) is 35.7 Å². The molecule has 0 bridgehead atoms. The minimum atomic E-state index is 0. The van der Waals surface area contributed by atoms with Gasteiger partial charge in [0.25, 0.3) is 0 Å². The largest absolute Gasteiger partial charge is 0.357 e. The Bertz CT molecular complexity index is 228. The molecule has 1 saturated carbocycles. The maximum atomic E-state index is 4.59. The fourth-order valence-electron chi connectivity index (χ4n) is 2.17. The fourth-order valence-corrected chi connectivity index (χ4v) is 2.44. The maximum absolute atomic E-state index is 4.59. The molecule has 0 atom stereocenters. The molecule has 2 N–H and O–H groups in total. The van der Waals surface area contributed by atoms with Crippen molar-refractivity contribution in [3.8, 4) is 0 Å². The number of halogens is 1. The van der Waals surface area contributed by atoms with E-state index in [4.69, 9.17) is 0 Å². The maximum Gasteiger partial charge on any atom is 0.191 e. The molecule has 1 rings (SSSR count). The minimum absolute atomic E-state index is 0. The van der Waals surface area contributed by atoms with Crippen molar-refractivity contribution in [1.29, 1.82) is 0 Å². The first-order valence-corrected chi connectivity index (χ1v) is 8.19. The summed E-state index contributed by atoms with van der Waals surface area (Å²) in [7, 11) is 0. The number of thioether (sulfide) groups is 1. The van der Waals surface area contributed by atoms with E-state index in [0.717, 1.165) is 30.7 Å². The van der Waals surface area contributed by atoms with Crippen LogP contribution in [-0.2, 0) is 0 Å². The molecular formula is C13H28IN3S. The number of rotatable bonds is 5. The second-order valence-electron chi connectivity index (χ2n) is 4.85. The summed E-state index contributed by atoms with van der Waals surface area (Å²) in [5, 5.41) is 6.90. The Kier molecular flexibility index (Phi) is 11.4. The summed E-state index contributed by atoms with van der Waals surface area (Å²) in [5.74, 6) is 3.00. The summed E-state index contributed by atoms with van der Waals surface area (Å²) in [4.78, 5) is 4.59. The summed E-state index contributed by atoms with van der Waals surface area (Å²) in [6.07, 6.45) is 7.39. The van der Waals surface area contributed by atoms with Crippen molar-refractivity contribution in [2.45, 2.75) is 45.6 Å². The zero-order valence-electron chi connectivity index (χ0n) is 11.9. The highest BCUT2D eigenvalue weighted by atomic mass is 127. The van der Waals surface area contributed by atoms with Gasteiger partial charge in [-0.15, -0.1) is 24.0 Å². The van der Waals surface area contributed by atoms with E-state index in [1.807, 2.05) is 11.8 Å². The Hall–Kier alpha value is 0.350.